The van der Waals surface area contributed by atoms with Gasteiger partial charge in [0.05, 0.1) is 5.69 Å². The molecule has 1 amide bonds. The Hall–Kier alpha value is -3.43. The van der Waals surface area contributed by atoms with Crippen LogP contribution in [0.4, 0.5) is 25.1 Å². The molecule has 2 aromatic rings. The SMILES string of the molecule is N=C(N)NC(=O)OCc1ccnc(N2CCN(c3ccccc3F)CC2)c1F. The Morgan fingerprint density at radius 3 is 2.54 bits per heavy atom. The lowest BCUT2D eigenvalue weighted by atomic mass is 10.2. The molecule has 0 atom stereocenters. The average molecular weight is 390 g/mol. The van der Waals surface area contributed by atoms with Gasteiger partial charge in [-0.3, -0.25) is 10.7 Å². The summed E-state index contributed by atoms with van der Waals surface area (Å²) in [4.78, 5) is 19.2. The molecule has 0 bridgehead atoms. The fraction of sp³-hybridized carbons (Fsp3) is 0.278. The van der Waals surface area contributed by atoms with Gasteiger partial charge in [0.25, 0.3) is 0 Å². The number of piperazine rings is 1. The molecular formula is C18H20F2N6O2. The Kier molecular flexibility index (Phi) is 5.87. The number of carbonyl (C=O) groups is 1. The highest BCUT2D eigenvalue weighted by Crippen LogP contribution is 2.24. The van der Waals surface area contributed by atoms with Crippen LogP contribution >= 0.6 is 0 Å². The zero-order valence-corrected chi connectivity index (χ0v) is 15.0. The molecule has 28 heavy (non-hydrogen) atoms. The van der Waals surface area contributed by atoms with Gasteiger partial charge < -0.3 is 20.3 Å². The van der Waals surface area contributed by atoms with Crippen molar-refractivity contribution in [3.05, 3.63) is 53.7 Å². The first-order chi connectivity index (χ1) is 13.5. The van der Waals surface area contributed by atoms with Gasteiger partial charge in [-0.15, -0.1) is 0 Å². The summed E-state index contributed by atoms with van der Waals surface area (Å²) >= 11 is 0. The molecule has 0 aliphatic carbocycles. The number of halogens is 2. The van der Waals surface area contributed by atoms with Crippen molar-refractivity contribution in [1.29, 1.82) is 5.41 Å². The Morgan fingerprint density at radius 1 is 1.18 bits per heavy atom. The number of aromatic nitrogens is 1. The number of rotatable bonds is 4. The second-order valence-corrected chi connectivity index (χ2v) is 6.15. The Balaban J connectivity index is 1.64. The molecule has 3 rings (SSSR count). The molecule has 0 unspecified atom stereocenters. The number of hydrogen-bond acceptors (Lipinski definition) is 6. The van der Waals surface area contributed by atoms with Gasteiger partial charge in [0.2, 0.25) is 0 Å². The van der Waals surface area contributed by atoms with Crippen molar-refractivity contribution in [2.24, 2.45) is 5.73 Å². The van der Waals surface area contributed by atoms with Crippen molar-refractivity contribution in [3.63, 3.8) is 0 Å². The minimum absolute atomic E-state index is 0.153. The molecule has 1 aliphatic rings. The summed E-state index contributed by atoms with van der Waals surface area (Å²) in [6, 6.07) is 7.95. The number of guanidine groups is 1. The third-order valence-corrected chi connectivity index (χ3v) is 4.32. The van der Waals surface area contributed by atoms with Crippen molar-refractivity contribution in [1.82, 2.24) is 10.3 Å². The molecule has 1 saturated heterocycles. The van der Waals surface area contributed by atoms with Crippen LogP contribution in [0, 0.1) is 17.0 Å². The molecule has 8 nitrogen and oxygen atoms in total. The largest absolute Gasteiger partial charge is 0.444 e. The quantitative estimate of drug-likeness (QED) is 0.543. The van der Waals surface area contributed by atoms with E-state index in [4.69, 9.17) is 15.9 Å². The number of pyridine rings is 1. The van der Waals surface area contributed by atoms with E-state index in [1.165, 1.54) is 18.3 Å². The predicted molar refractivity (Wildman–Crippen MR) is 100 cm³/mol. The molecule has 10 heteroatoms. The molecule has 1 aromatic carbocycles. The van der Waals surface area contributed by atoms with E-state index in [0.717, 1.165) is 0 Å². The van der Waals surface area contributed by atoms with Crippen LogP contribution in [0.2, 0.25) is 0 Å². The van der Waals surface area contributed by atoms with E-state index in [1.807, 2.05) is 10.2 Å². The number of para-hydroxylation sites is 1. The van der Waals surface area contributed by atoms with Crippen molar-refractivity contribution in [3.8, 4) is 0 Å². The van der Waals surface area contributed by atoms with Gasteiger partial charge in [-0.25, -0.2) is 18.6 Å². The van der Waals surface area contributed by atoms with Crippen LogP contribution in [0.25, 0.3) is 0 Å². The summed E-state index contributed by atoms with van der Waals surface area (Å²) in [5.74, 6) is -1.28. The van der Waals surface area contributed by atoms with Gasteiger partial charge in [-0.05, 0) is 18.2 Å². The normalized spacial score (nSPS) is 13.9. The maximum absolute atomic E-state index is 14.8. The number of alkyl carbamates (subject to hydrolysis) is 1. The van der Waals surface area contributed by atoms with Gasteiger partial charge in [0, 0.05) is 37.9 Å². The summed E-state index contributed by atoms with van der Waals surface area (Å²) in [5.41, 5.74) is 5.70. The predicted octanol–water partition coefficient (Wildman–Crippen LogP) is 1.81. The Labute approximate surface area is 160 Å². The lowest BCUT2D eigenvalue weighted by molar-refractivity contribution is 0.143. The van der Waals surface area contributed by atoms with Crippen molar-refractivity contribution >= 4 is 23.6 Å². The van der Waals surface area contributed by atoms with E-state index in [9.17, 15) is 13.6 Å². The summed E-state index contributed by atoms with van der Waals surface area (Å²) in [6.45, 7) is 1.64. The monoisotopic (exact) mass is 390 g/mol. The molecular weight excluding hydrogens is 370 g/mol. The summed E-state index contributed by atoms with van der Waals surface area (Å²) in [6.07, 6.45) is 0.493. The van der Waals surface area contributed by atoms with E-state index in [-0.39, 0.29) is 23.8 Å². The van der Waals surface area contributed by atoms with Gasteiger partial charge in [-0.1, -0.05) is 12.1 Å². The van der Waals surface area contributed by atoms with Crippen LogP contribution in [0.15, 0.2) is 36.5 Å². The number of amides is 1. The second kappa shape index (κ2) is 8.51. The van der Waals surface area contributed by atoms with Crippen molar-refractivity contribution < 1.29 is 18.3 Å². The molecule has 1 fully saturated rings. The molecule has 4 N–H and O–H groups in total. The maximum Gasteiger partial charge on any atom is 0.414 e. The third kappa shape index (κ3) is 4.45. The molecule has 148 valence electrons. The molecule has 2 heterocycles. The van der Waals surface area contributed by atoms with E-state index in [2.05, 4.69) is 4.98 Å². The number of nitrogens with two attached hydrogens (primary N) is 1. The molecule has 0 radical (unpaired) electrons. The number of anilines is 2. The lowest BCUT2D eigenvalue weighted by Crippen LogP contribution is -2.47. The summed E-state index contributed by atoms with van der Waals surface area (Å²) in [5, 5.41) is 8.91. The van der Waals surface area contributed by atoms with Gasteiger partial charge >= 0.3 is 6.09 Å². The molecule has 0 spiro atoms. The van der Waals surface area contributed by atoms with Gasteiger partial charge in [-0.2, -0.15) is 0 Å². The highest BCUT2D eigenvalue weighted by atomic mass is 19.1. The van der Waals surface area contributed by atoms with Crippen LogP contribution in [0.1, 0.15) is 5.56 Å². The second-order valence-electron chi connectivity index (χ2n) is 6.15. The van der Waals surface area contributed by atoms with Crippen molar-refractivity contribution in [2.75, 3.05) is 36.0 Å². The Morgan fingerprint density at radius 2 is 1.86 bits per heavy atom. The van der Waals surface area contributed by atoms with E-state index in [0.29, 0.717) is 31.9 Å². The van der Waals surface area contributed by atoms with E-state index < -0.39 is 17.9 Å². The minimum Gasteiger partial charge on any atom is -0.444 e. The first kappa shape index (κ1) is 19.3. The number of benzene rings is 1. The smallest absolute Gasteiger partial charge is 0.414 e. The fourth-order valence-corrected chi connectivity index (χ4v) is 2.96. The highest BCUT2D eigenvalue weighted by Gasteiger charge is 2.23. The summed E-state index contributed by atoms with van der Waals surface area (Å²) in [7, 11) is 0. The first-order valence-corrected chi connectivity index (χ1v) is 8.61. The third-order valence-electron chi connectivity index (χ3n) is 4.32. The van der Waals surface area contributed by atoms with Gasteiger partial charge in [0.1, 0.15) is 12.4 Å². The van der Waals surface area contributed by atoms with Gasteiger partial charge in [0.15, 0.2) is 17.6 Å². The Bertz CT molecular complexity index is 871. The van der Waals surface area contributed by atoms with Crippen LogP contribution in [-0.4, -0.2) is 43.2 Å². The summed E-state index contributed by atoms with van der Waals surface area (Å²) < 4.78 is 33.6. The lowest BCUT2D eigenvalue weighted by Gasteiger charge is -2.37. The van der Waals surface area contributed by atoms with Crippen LogP contribution in [0.5, 0.6) is 0 Å². The number of nitrogens with zero attached hydrogens (tertiary/aromatic N) is 3. The zero-order valence-electron chi connectivity index (χ0n) is 15.0. The van der Waals surface area contributed by atoms with E-state index >= 15 is 0 Å². The van der Waals surface area contributed by atoms with Crippen molar-refractivity contribution in [2.45, 2.75) is 6.61 Å². The first-order valence-electron chi connectivity index (χ1n) is 8.61. The number of nitrogens with one attached hydrogen (secondary N) is 2. The molecule has 1 aromatic heterocycles. The number of carbonyl (C=O) groups excluding carboxylic acids is 1. The number of ether oxygens (including phenoxy) is 1. The van der Waals surface area contributed by atoms with E-state index in [1.54, 1.807) is 23.1 Å². The van der Waals surface area contributed by atoms with Crippen LogP contribution in [-0.2, 0) is 11.3 Å². The standard InChI is InChI=1S/C18H20F2N6O2/c19-13-3-1-2-4-14(13)25-7-9-26(10-8-25)16-15(20)12(5-6-23-16)11-28-18(27)24-17(21)22/h1-6H,7-11H2,(H4,21,22,24,27). The fourth-order valence-electron chi connectivity index (χ4n) is 2.96. The topological polar surface area (TPSA) is 108 Å². The zero-order chi connectivity index (χ0) is 20.1. The minimum atomic E-state index is -0.941. The van der Waals surface area contributed by atoms with Crippen LogP contribution in [0.3, 0.4) is 0 Å². The highest BCUT2D eigenvalue weighted by molar-refractivity contribution is 5.90. The molecule has 1 aliphatic heterocycles. The van der Waals surface area contributed by atoms with Crippen LogP contribution < -0.4 is 20.9 Å². The maximum atomic E-state index is 14.8. The molecule has 0 saturated carbocycles. The number of hydrogen-bond donors (Lipinski definition) is 3. The average Bonchev–Trinajstić information content (AvgIpc) is 2.67.